The molecule has 0 aromatic heterocycles. The van der Waals surface area contributed by atoms with E-state index in [-0.39, 0.29) is 12.3 Å². The van der Waals surface area contributed by atoms with Crippen molar-refractivity contribution in [3.63, 3.8) is 0 Å². The first-order valence-electron chi connectivity index (χ1n) is 5.14. The van der Waals surface area contributed by atoms with Gasteiger partial charge in [-0.1, -0.05) is 17.7 Å². The quantitative estimate of drug-likeness (QED) is 0.851. The van der Waals surface area contributed by atoms with Crippen molar-refractivity contribution in [3.05, 3.63) is 33.8 Å². The van der Waals surface area contributed by atoms with E-state index in [1.807, 2.05) is 26.0 Å². The van der Waals surface area contributed by atoms with E-state index in [2.05, 4.69) is 0 Å². The fraction of sp³-hybridized carbons (Fsp3) is 0.417. The van der Waals surface area contributed by atoms with Crippen molar-refractivity contribution >= 4 is 17.6 Å². The molecule has 3 N–H and O–H groups in total. The zero-order chi connectivity index (χ0) is 12.3. The molecule has 1 rings (SSSR count). The van der Waals surface area contributed by atoms with E-state index in [0.717, 1.165) is 16.7 Å². The minimum atomic E-state index is -0.843. The molecule has 0 fully saturated rings. The summed E-state index contributed by atoms with van der Waals surface area (Å²) in [5, 5.41) is 9.45. The average molecular weight is 242 g/mol. The molecule has 0 amide bonds. The van der Waals surface area contributed by atoms with Crippen molar-refractivity contribution in [2.45, 2.75) is 26.2 Å². The zero-order valence-corrected chi connectivity index (χ0v) is 10.2. The molecule has 0 bridgehead atoms. The molecular weight excluding hydrogens is 226 g/mol. The molecule has 3 nitrogen and oxygen atoms in total. The molecule has 0 saturated heterocycles. The van der Waals surface area contributed by atoms with Crippen LogP contribution in [0.3, 0.4) is 0 Å². The Kier molecular flexibility index (Phi) is 4.33. The van der Waals surface area contributed by atoms with E-state index in [0.29, 0.717) is 11.6 Å². The summed E-state index contributed by atoms with van der Waals surface area (Å²) in [5.41, 5.74) is 8.57. The number of halogens is 1. The summed E-state index contributed by atoms with van der Waals surface area (Å²) in [5.74, 6) is -1.01. The smallest absolute Gasteiger partial charge is 0.304 e. The maximum absolute atomic E-state index is 10.7. The van der Waals surface area contributed by atoms with Crippen LogP contribution in [-0.2, 0) is 4.79 Å². The second-order valence-electron chi connectivity index (χ2n) is 3.98. The topological polar surface area (TPSA) is 63.3 Å². The van der Waals surface area contributed by atoms with Crippen LogP contribution in [0.1, 0.15) is 29.0 Å². The molecule has 1 aromatic carbocycles. The number of nitrogens with two attached hydrogens (primary N) is 1. The monoisotopic (exact) mass is 241 g/mol. The third-order valence-corrected chi connectivity index (χ3v) is 3.20. The zero-order valence-electron chi connectivity index (χ0n) is 9.46. The number of carbonyl (C=O) groups is 1. The molecule has 0 spiro atoms. The first-order valence-corrected chi connectivity index (χ1v) is 5.52. The first-order chi connectivity index (χ1) is 7.45. The summed E-state index contributed by atoms with van der Waals surface area (Å²) >= 11 is 6.07. The van der Waals surface area contributed by atoms with Gasteiger partial charge in [-0.05, 0) is 43.1 Å². The number of hydrogen-bond acceptors (Lipinski definition) is 2. The number of rotatable bonds is 4. The van der Waals surface area contributed by atoms with Gasteiger partial charge in [0.2, 0.25) is 0 Å². The summed E-state index contributed by atoms with van der Waals surface area (Å²) in [7, 11) is 0. The van der Waals surface area contributed by atoms with Crippen molar-refractivity contribution in [1.82, 2.24) is 0 Å². The lowest BCUT2D eigenvalue weighted by molar-refractivity contribution is -0.137. The molecule has 0 radical (unpaired) electrons. The van der Waals surface area contributed by atoms with E-state index in [1.54, 1.807) is 0 Å². The molecule has 0 aliphatic rings. The Bertz CT molecular complexity index is 381. The fourth-order valence-corrected chi connectivity index (χ4v) is 1.90. The Hall–Kier alpha value is -1.06. The number of aliphatic carboxylic acids is 1. The third-order valence-electron chi connectivity index (χ3n) is 2.80. The van der Waals surface area contributed by atoms with Crippen molar-refractivity contribution in [1.29, 1.82) is 0 Å². The molecule has 16 heavy (non-hydrogen) atoms. The highest BCUT2D eigenvalue weighted by molar-refractivity contribution is 6.31. The predicted octanol–water partition coefficient (Wildman–Crippen LogP) is 2.47. The predicted molar refractivity (Wildman–Crippen MR) is 65.0 cm³/mol. The largest absolute Gasteiger partial charge is 0.481 e. The van der Waals surface area contributed by atoms with Gasteiger partial charge in [-0.3, -0.25) is 4.79 Å². The maximum atomic E-state index is 10.7. The van der Waals surface area contributed by atoms with E-state index in [4.69, 9.17) is 22.4 Å². The Balaban J connectivity index is 3.06. The highest BCUT2D eigenvalue weighted by Gasteiger charge is 2.15. The van der Waals surface area contributed by atoms with Gasteiger partial charge >= 0.3 is 5.97 Å². The number of carboxylic acids is 1. The Labute approximate surface area is 100 Å². The van der Waals surface area contributed by atoms with Crippen molar-refractivity contribution in [3.8, 4) is 0 Å². The van der Waals surface area contributed by atoms with Crippen LogP contribution < -0.4 is 5.73 Å². The van der Waals surface area contributed by atoms with Crippen molar-refractivity contribution in [2.24, 2.45) is 5.73 Å². The van der Waals surface area contributed by atoms with E-state index >= 15 is 0 Å². The van der Waals surface area contributed by atoms with Gasteiger partial charge in [-0.15, -0.1) is 0 Å². The molecule has 1 atom stereocenters. The minimum absolute atomic E-state index is 0.0370. The van der Waals surface area contributed by atoms with Crippen LogP contribution in [0.25, 0.3) is 0 Å². The molecule has 0 saturated carbocycles. The maximum Gasteiger partial charge on any atom is 0.304 e. The van der Waals surface area contributed by atoms with E-state index < -0.39 is 5.97 Å². The SMILES string of the molecule is Cc1cc(C(CN)CC(=O)O)cc(Cl)c1C. The summed E-state index contributed by atoms with van der Waals surface area (Å²) in [6.07, 6.45) is 0.0370. The van der Waals surface area contributed by atoms with Crippen LogP contribution in [0.4, 0.5) is 0 Å². The van der Waals surface area contributed by atoms with Gasteiger partial charge in [0.15, 0.2) is 0 Å². The average Bonchev–Trinajstić information content (AvgIpc) is 2.21. The highest BCUT2D eigenvalue weighted by Crippen LogP contribution is 2.27. The Morgan fingerprint density at radius 2 is 2.12 bits per heavy atom. The lowest BCUT2D eigenvalue weighted by Crippen LogP contribution is -2.16. The number of hydrogen-bond donors (Lipinski definition) is 2. The third kappa shape index (κ3) is 2.97. The van der Waals surface area contributed by atoms with Crippen molar-refractivity contribution < 1.29 is 9.90 Å². The normalized spacial score (nSPS) is 12.5. The van der Waals surface area contributed by atoms with Crippen LogP contribution in [0.2, 0.25) is 5.02 Å². The summed E-state index contributed by atoms with van der Waals surface area (Å²) in [4.78, 5) is 10.7. The van der Waals surface area contributed by atoms with Crippen LogP contribution in [0.15, 0.2) is 12.1 Å². The minimum Gasteiger partial charge on any atom is -0.481 e. The lowest BCUT2D eigenvalue weighted by atomic mass is 9.93. The fourth-order valence-electron chi connectivity index (χ4n) is 1.63. The molecule has 4 heteroatoms. The highest BCUT2D eigenvalue weighted by atomic mass is 35.5. The van der Waals surface area contributed by atoms with Crippen molar-refractivity contribution in [2.75, 3.05) is 6.54 Å². The molecule has 0 heterocycles. The van der Waals surface area contributed by atoms with Crippen LogP contribution >= 0.6 is 11.6 Å². The van der Waals surface area contributed by atoms with Gasteiger partial charge in [0.25, 0.3) is 0 Å². The molecule has 0 aliphatic heterocycles. The van der Waals surface area contributed by atoms with Crippen LogP contribution in [0.5, 0.6) is 0 Å². The summed E-state index contributed by atoms with van der Waals surface area (Å²) in [6, 6.07) is 3.77. The van der Waals surface area contributed by atoms with E-state index in [9.17, 15) is 4.79 Å². The number of carboxylic acid groups (broad SMARTS) is 1. The van der Waals surface area contributed by atoms with Crippen LogP contribution in [-0.4, -0.2) is 17.6 Å². The van der Waals surface area contributed by atoms with Gasteiger partial charge in [-0.2, -0.15) is 0 Å². The molecule has 1 aromatic rings. The standard InChI is InChI=1S/C12H16ClNO2/c1-7-3-9(4-11(13)8(7)2)10(6-14)5-12(15)16/h3-4,10H,5-6,14H2,1-2H3,(H,15,16). The second kappa shape index (κ2) is 5.32. The first kappa shape index (κ1) is 13.0. The lowest BCUT2D eigenvalue weighted by Gasteiger charge is -2.15. The molecule has 0 aliphatic carbocycles. The Morgan fingerprint density at radius 1 is 1.50 bits per heavy atom. The van der Waals surface area contributed by atoms with Gasteiger partial charge < -0.3 is 10.8 Å². The van der Waals surface area contributed by atoms with Gasteiger partial charge in [0, 0.05) is 10.9 Å². The van der Waals surface area contributed by atoms with Gasteiger partial charge in [0.05, 0.1) is 6.42 Å². The Morgan fingerprint density at radius 3 is 2.56 bits per heavy atom. The number of benzene rings is 1. The van der Waals surface area contributed by atoms with Gasteiger partial charge in [-0.25, -0.2) is 0 Å². The molecule has 88 valence electrons. The molecule has 1 unspecified atom stereocenters. The number of aryl methyl sites for hydroxylation is 1. The van der Waals surface area contributed by atoms with E-state index in [1.165, 1.54) is 0 Å². The summed E-state index contributed by atoms with van der Waals surface area (Å²) < 4.78 is 0. The van der Waals surface area contributed by atoms with Crippen LogP contribution in [0, 0.1) is 13.8 Å². The summed E-state index contributed by atoms with van der Waals surface area (Å²) in [6.45, 7) is 4.21. The molecular formula is C12H16ClNO2. The van der Waals surface area contributed by atoms with Gasteiger partial charge in [0.1, 0.15) is 0 Å². The second-order valence-corrected chi connectivity index (χ2v) is 4.38.